The summed E-state index contributed by atoms with van der Waals surface area (Å²) in [6.07, 6.45) is 4.30. The Morgan fingerprint density at radius 1 is 1.64 bits per heavy atom. The third kappa shape index (κ3) is 1.34. The first-order valence-electron chi connectivity index (χ1n) is 3.82. The second-order valence-corrected chi connectivity index (χ2v) is 2.81. The monoisotopic (exact) mass is 148 g/mol. The van der Waals surface area contributed by atoms with Gasteiger partial charge in [0.05, 0.1) is 13.3 Å². The van der Waals surface area contributed by atoms with E-state index in [-0.39, 0.29) is 0 Å². The number of hydrogen-bond acceptors (Lipinski definition) is 2. The molecule has 1 aliphatic carbocycles. The zero-order chi connectivity index (χ0) is 7.68. The molecule has 2 heteroatoms. The molecule has 0 aliphatic heterocycles. The van der Waals surface area contributed by atoms with Gasteiger partial charge in [-0.1, -0.05) is 0 Å². The third-order valence-corrected chi connectivity index (χ3v) is 1.91. The van der Waals surface area contributed by atoms with E-state index in [2.05, 4.69) is 11.1 Å². The quantitative estimate of drug-likeness (QED) is 0.637. The number of rotatable bonds is 2. The van der Waals surface area contributed by atoms with Crippen LogP contribution >= 0.6 is 0 Å². The van der Waals surface area contributed by atoms with Crippen molar-refractivity contribution < 1.29 is 4.74 Å². The maximum Gasteiger partial charge on any atom is 0.145 e. The van der Waals surface area contributed by atoms with Gasteiger partial charge in [0.1, 0.15) is 5.75 Å². The van der Waals surface area contributed by atoms with Crippen LogP contribution in [0.25, 0.3) is 0 Å². The summed E-state index contributed by atoms with van der Waals surface area (Å²) in [7, 11) is 1.63. The molecule has 1 fully saturated rings. The van der Waals surface area contributed by atoms with Gasteiger partial charge in [-0.3, -0.25) is 4.98 Å². The van der Waals surface area contributed by atoms with E-state index in [1.807, 2.05) is 6.07 Å². The molecule has 0 amide bonds. The third-order valence-electron chi connectivity index (χ3n) is 1.91. The predicted octanol–water partition coefficient (Wildman–Crippen LogP) is 1.77. The lowest BCUT2D eigenvalue weighted by Crippen LogP contribution is -1.88. The van der Waals surface area contributed by atoms with Gasteiger partial charge in [0.25, 0.3) is 0 Å². The molecule has 2 rings (SSSR count). The molecule has 0 bridgehead atoms. The summed E-state index contributed by atoms with van der Waals surface area (Å²) >= 11 is 0. The molecule has 1 aromatic rings. The molecule has 1 aliphatic rings. The summed E-state index contributed by atoms with van der Waals surface area (Å²) in [5, 5.41) is 0. The highest BCUT2D eigenvalue weighted by Gasteiger charge is 2.24. The van der Waals surface area contributed by atoms with Gasteiger partial charge >= 0.3 is 0 Å². The summed E-state index contributed by atoms with van der Waals surface area (Å²) in [5.41, 5.74) is 1.16. The maximum atomic E-state index is 4.95. The lowest BCUT2D eigenvalue weighted by Gasteiger charge is -1.98. The van der Waals surface area contributed by atoms with Crippen LogP contribution in [0.3, 0.4) is 0 Å². The van der Waals surface area contributed by atoms with E-state index in [0.717, 1.165) is 11.4 Å². The maximum absolute atomic E-state index is 4.95. The van der Waals surface area contributed by atoms with E-state index < -0.39 is 0 Å². The van der Waals surface area contributed by atoms with Gasteiger partial charge in [-0.25, -0.2) is 0 Å². The molecule has 11 heavy (non-hydrogen) atoms. The summed E-state index contributed by atoms with van der Waals surface area (Å²) in [6.45, 7) is 0. The molecule has 0 atom stereocenters. The highest BCUT2D eigenvalue weighted by molar-refractivity contribution is 5.22. The van der Waals surface area contributed by atoms with Crippen molar-refractivity contribution in [3.8, 4) is 5.75 Å². The van der Waals surface area contributed by atoms with Crippen LogP contribution in [0.2, 0.25) is 0 Å². The van der Waals surface area contributed by atoms with E-state index in [9.17, 15) is 0 Å². The van der Waals surface area contributed by atoms with E-state index in [4.69, 9.17) is 4.74 Å². The van der Waals surface area contributed by atoms with Gasteiger partial charge in [0.15, 0.2) is 0 Å². The molecule has 0 saturated heterocycles. The number of methoxy groups -OCH3 is 1. The molecular formula is C9H10NO. The molecule has 1 aromatic heterocycles. The van der Waals surface area contributed by atoms with Crippen LogP contribution in [0.1, 0.15) is 24.5 Å². The molecule has 1 saturated carbocycles. The van der Waals surface area contributed by atoms with Crippen molar-refractivity contribution in [2.24, 2.45) is 0 Å². The summed E-state index contributed by atoms with van der Waals surface area (Å²) in [6, 6.07) is 4.95. The van der Waals surface area contributed by atoms with Crippen molar-refractivity contribution in [1.29, 1.82) is 0 Å². The Morgan fingerprint density at radius 2 is 2.45 bits per heavy atom. The minimum atomic E-state index is 0.706. The van der Waals surface area contributed by atoms with Gasteiger partial charge in [0, 0.05) is 17.7 Å². The molecule has 0 aromatic carbocycles. The van der Waals surface area contributed by atoms with Gasteiger partial charge < -0.3 is 4.74 Å². The zero-order valence-electron chi connectivity index (χ0n) is 6.50. The van der Waals surface area contributed by atoms with Crippen LogP contribution in [0, 0.1) is 6.07 Å². The molecule has 1 radical (unpaired) electrons. The van der Waals surface area contributed by atoms with Crippen molar-refractivity contribution in [1.82, 2.24) is 4.98 Å². The van der Waals surface area contributed by atoms with Crippen molar-refractivity contribution in [2.75, 3.05) is 7.11 Å². The van der Waals surface area contributed by atoms with Gasteiger partial charge in [-0.15, -0.1) is 0 Å². The van der Waals surface area contributed by atoms with E-state index in [1.54, 1.807) is 13.3 Å². The number of ether oxygens (including phenoxy) is 1. The highest BCUT2D eigenvalue weighted by atomic mass is 16.5. The molecule has 2 nitrogen and oxygen atoms in total. The standard InChI is InChI=1S/C9H10NO/c1-11-8-4-5-9(10-6-8)7-2-3-7/h5-7H,2-3H2,1H3. The van der Waals surface area contributed by atoms with Gasteiger partial charge in [0.2, 0.25) is 0 Å². The second kappa shape index (κ2) is 2.53. The minimum absolute atomic E-state index is 0.706. The Labute approximate surface area is 66.2 Å². The number of aromatic nitrogens is 1. The molecule has 0 N–H and O–H groups in total. The Morgan fingerprint density at radius 3 is 2.91 bits per heavy atom. The predicted molar refractivity (Wildman–Crippen MR) is 41.6 cm³/mol. The lowest BCUT2D eigenvalue weighted by atomic mass is 10.2. The van der Waals surface area contributed by atoms with Crippen LogP contribution in [0.15, 0.2) is 12.3 Å². The molecular weight excluding hydrogens is 138 g/mol. The average Bonchev–Trinajstić information content (AvgIpc) is 2.87. The Bertz CT molecular complexity index is 238. The fourth-order valence-corrected chi connectivity index (χ4v) is 1.07. The largest absolute Gasteiger partial charge is 0.494 e. The summed E-state index contributed by atoms with van der Waals surface area (Å²) in [5.74, 6) is 1.42. The Balaban J connectivity index is 2.19. The van der Waals surface area contributed by atoms with Crippen molar-refractivity contribution in [2.45, 2.75) is 18.8 Å². The first-order chi connectivity index (χ1) is 5.40. The minimum Gasteiger partial charge on any atom is -0.494 e. The zero-order valence-corrected chi connectivity index (χ0v) is 6.50. The van der Waals surface area contributed by atoms with E-state index in [0.29, 0.717) is 5.92 Å². The highest BCUT2D eigenvalue weighted by Crippen LogP contribution is 2.38. The second-order valence-electron chi connectivity index (χ2n) is 2.81. The molecule has 0 spiro atoms. The van der Waals surface area contributed by atoms with Crippen LogP contribution in [-0.4, -0.2) is 12.1 Å². The summed E-state index contributed by atoms with van der Waals surface area (Å²) in [4.78, 5) is 4.26. The van der Waals surface area contributed by atoms with Crippen molar-refractivity contribution in [3.63, 3.8) is 0 Å². The Hall–Kier alpha value is -1.05. The normalized spacial score (nSPS) is 16.5. The number of pyridine rings is 1. The van der Waals surface area contributed by atoms with E-state index in [1.165, 1.54) is 12.8 Å². The number of nitrogens with zero attached hydrogens (tertiary/aromatic N) is 1. The van der Waals surface area contributed by atoms with Crippen molar-refractivity contribution in [3.05, 3.63) is 24.0 Å². The van der Waals surface area contributed by atoms with Crippen LogP contribution in [-0.2, 0) is 0 Å². The molecule has 1 heterocycles. The first kappa shape index (κ1) is 6.65. The van der Waals surface area contributed by atoms with Crippen LogP contribution < -0.4 is 4.74 Å². The van der Waals surface area contributed by atoms with Gasteiger partial charge in [-0.05, 0) is 18.9 Å². The fourth-order valence-electron chi connectivity index (χ4n) is 1.07. The first-order valence-corrected chi connectivity index (χ1v) is 3.82. The van der Waals surface area contributed by atoms with Crippen LogP contribution in [0.5, 0.6) is 5.75 Å². The smallest absolute Gasteiger partial charge is 0.145 e. The van der Waals surface area contributed by atoms with Gasteiger partial charge in [-0.2, -0.15) is 0 Å². The SMILES string of the molecule is COc1[c]cc(C2CC2)nc1. The lowest BCUT2D eigenvalue weighted by molar-refractivity contribution is 0.411. The topological polar surface area (TPSA) is 22.1 Å². The molecule has 57 valence electrons. The van der Waals surface area contributed by atoms with Crippen molar-refractivity contribution >= 4 is 0 Å². The van der Waals surface area contributed by atoms with E-state index >= 15 is 0 Å². The summed E-state index contributed by atoms with van der Waals surface area (Å²) < 4.78 is 4.95. The average molecular weight is 148 g/mol. The number of hydrogen-bond donors (Lipinski definition) is 0. The van der Waals surface area contributed by atoms with Crippen LogP contribution in [0.4, 0.5) is 0 Å². The Kier molecular flexibility index (Phi) is 1.53. The fraction of sp³-hybridized carbons (Fsp3) is 0.444. The molecule has 0 unspecified atom stereocenters.